The molecule has 1 unspecified atom stereocenters. The Morgan fingerprint density at radius 1 is 1.10 bits per heavy atom. The van der Waals surface area contributed by atoms with Crippen LogP contribution in [0, 0.1) is 25.6 Å². The van der Waals surface area contributed by atoms with Crippen molar-refractivity contribution in [1.29, 1.82) is 0 Å². The van der Waals surface area contributed by atoms with Crippen LogP contribution in [0.1, 0.15) is 35.6 Å². The van der Waals surface area contributed by atoms with Crippen LogP contribution in [0.15, 0.2) is 36.4 Å². The Balaban J connectivity index is 1.89. The highest BCUT2D eigenvalue weighted by Gasteiger charge is 2.32. The summed E-state index contributed by atoms with van der Waals surface area (Å²) in [4.78, 5) is 0. The van der Waals surface area contributed by atoms with Crippen LogP contribution in [0.25, 0.3) is 0 Å². The van der Waals surface area contributed by atoms with Gasteiger partial charge >= 0.3 is 0 Å². The highest BCUT2D eigenvalue weighted by Crippen LogP contribution is 2.43. The van der Waals surface area contributed by atoms with E-state index in [1.807, 2.05) is 32.0 Å². The van der Waals surface area contributed by atoms with Crippen molar-refractivity contribution >= 4 is 5.69 Å². The van der Waals surface area contributed by atoms with Crippen molar-refractivity contribution < 1.29 is 9.50 Å². The Morgan fingerprint density at radius 3 is 2.38 bits per heavy atom. The average Bonchev–Trinajstić information content (AvgIpc) is 3.27. The lowest BCUT2D eigenvalue weighted by Gasteiger charge is -2.22. The van der Waals surface area contributed by atoms with Crippen LogP contribution < -0.4 is 5.32 Å². The molecule has 0 heterocycles. The van der Waals surface area contributed by atoms with Gasteiger partial charge in [-0.15, -0.1) is 0 Å². The summed E-state index contributed by atoms with van der Waals surface area (Å²) in [7, 11) is 0. The predicted molar refractivity (Wildman–Crippen MR) is 83.1 cm³/mol. The van der Waals surface area contributed by atoms with Crippen molar-refractivity contribution in [2.45, 2.75) is 32.7 Å². The number of rotatable bonds is 4. The normalized spacial score (nSPS) is 15.8. The molecule has 2 nitrogen and oxygen atoms in total. The zero-order valence-corrected chi connectivity index (χ0v) is 12.4. The largest absolute Gasteiger partial charge is 0.508 e. The molecule has 1 fully saturated rings. The lowest BCUT2D eigenvalue weighted by Crippen LogP contribution is -2.13. The van der Waals surface area contributed by atoms with Crippen molar-refractivity contribution in [1.82, 2.24) is 0 Å². The van der Waals surface area contributed by atoms with Gasteiger partial charge < -0.3 is 10.4 Å². The lowest BCUT2D eigenvalue weighted by atomic mass is 10.0. The van der Waals surface area contributed by atoms with E-state index in [0.717, 1.165) is 22.4 Å². The third-order valence-corrected chi connectivity index (χ3v) is 4.18. The topological polar surface area (TPSA) is 32.3 Å². The van der Waals surface area contributed by atoms with Gasteiger partial charge in [0.1, 0.15) is 11.6 Å². The molecule has 0 aromatic heterocycles. The van der Waals surface area contributed by atoms with Crippen LogP contribution in [-0.4, -0.2) is 5.11 Å². The van der Waals surface area contributed by atoms with Gasteiger partial charge in [-0.25, -0.2) is 4.39 Å². The van der Waals surface area contributed by atoms with E-state index in [2.05, 4.69) is 5.32 Å². The number of hydrogen-bond donors (Lipinski definition) is 2. The molecule has 110 valence electrons. The third kappa shape index (κ3) is 3.02. The van der Waals surface area contributed by atoms with Gasteiger partial charge in [0.05, 0.1) is 6.04 Å². The minimum Gasteiger partial charge on any atom is -0.508 e. The van der Waals surface area contributed by atoms with Gasteiger partial charge in [0.25, 0.3) is 0 Å². The van der Waals surface area contributed by atoms with Crippen molar-refractivity contribution in [3.8, 4) is 5.75 Å². The summed E-state index contributed by atoms with van der Waals surface area (Å²) in [6, 6.07) is 10.7. The minimum absolute atomic E-state index is 0.202. The zero-order chi connectivity index (χ0) is 15.0. The van der Waals surface area contributed by atoms with Gasteiger partial charge in [-0.05, 0) is 73.6 Å². The molecule has 2 aromatic carbocycles. The highest BCUT2D eigenvalue weighted by atomic mass is 19.1. The second-order valence-corrected chi connectivity index (χ2v) is 5.96. The molecule has 1 atom stereocenters. The Hall–Kier alpha value is -2.03. The molecule has 1 aliphatic carbocycles. The van der Waals surface area contributed by atoms with E-state index in [-0.39, 0.29) is 11.9 Å². The first kappa shape index (κ1) is 13.9. The molecule has 2 N–H and O–H groups in total. The molecule has 0 spiro atoms. The maximum absolute atomic E-state index is 13.1. The predicted octanol–water partition coefficient (Wildman–Crippen LogP) is 4.71. The Labute approximate surface area is 124 Å². The number of benzene rings is 2. The molecule has 0 amide bonds. The van der Waals surface area contributed by atoms with Crippen LogP contribution >= 0.6 is 0 Å². The second kappa shape index (κ2) is 5.40. The molecule has 1 saturated carbocycles. The molecule has 3 rings (SSSR count). The third-order valence-electron chi connectivity index (χ3n) is 4.18. The fourth-order valence-corrected chi connectivity index (χ4v) is 2.70. The number of aromatic hydroxyl groups is 1. The number of nitrogens with one attached hydrogen (secondary N) is 1. The van der Waals surface area contributed by atoms with Crippen molar-refractivity contribution in [3.63, 3.8) is 0 Å². The number of aryl methyl sites for hydroxylation is 2. The van der Waals surface area contributed by atoms with Gasteiger partial charge in [0.15, 0.2) is 0 Å². The first-order valence-corrected chi connectivity index (χ1v) is 7.37. The molecule has 0 bridgehead atoms. The van der Waals surface area contributed by atoms with Crippen LogP contribution in [0.3, 0.4) is 0 Å². The quantitative estimate of drug-likeness (QED) is 0.797. The van der Waals surface area contributed by atoms with E-state index >= 15 is 0 Å². The standard InChI is InChI=1S/C18H20FNO/c1-11-10-17(21)12(2)9-16(11)20-18(13-3-4-13)14-5-7-15(19)8-6-14/h5-10,13,18,20-21H,3-4H2,1-2H3. The number of anilines is 1. The Morgan fingerprint density at radius 2 is 1.76 bits per heavy atom. The molecule has 2 aromatic rings. The Kier molecular flexibility index (Phi) is 3.58. The van der Waals surface area contributed by atoms with Gasteiger partial charge in [-0.1, -0.05) is 12.1 Å². The summed E-state index contributed by atoms with van der Waals surface area (Å²) in [6.45, 7) is 3.88. The molecule has 21 heavy (non-hydrogen) atoms. The minimum atomic E-state index is -0.204. The highest BCUT2D eigenvalue weighted by molar-refractivity contribution is 5.58. The summed E-state index contributed by atoms with van der Waals surface area (Å²) < 4.78 is 13.1. The SMILES string of the molecule is Cc1cc(NC(c2ccc(F)cc2)C2CC2)c(C)cc1O. The summed E-state index contributed by atoms with van der Waals surface area (Å²) in [6.07, 6.45) is 2.40. The van der Waals surface area contributed by atoms with E-state index in [0.29, 0.717) is 11.7 Å². The van der Waals surface area contributed by atoms with Crippen LogP contribution in [0.4, 0.5) is 10.1 Å². The van der Waals surface area contributed by atoms with Gasteiger partial charge in [0, 0.05) is 5.69 Å². The molecular weight excluding hydrogens is 265 g/mol. The molecule has 0 aliphatic heterocycles. The first-order chi connectivity index (χ1) is 10.0. The maximum Gasteiger partial charge on any atom is 0.123 e. The van der Waals surface area contributed by atoms with E-state index in [9.17, 15) is 9.50 Å². The van der Waals surface area contributed by atoms with Crippen LogP contribution in [0.2, 0.25) is 0 Å². The smallest absolute Gasteiger partial charge is 0.123 e. The second-order valence-electron chi connectivity index (χ2n) is 5.96. The summed E-state index contributed by atoms with van der Waals surface area (Å²) in [5, 5.41) is 13.3. The number of hydrogen-bond acceptors (Lipinski definition) is 2. The number of phenolic OH excluding ortho intramolecular Hbond substituents is 1. The number of phenols is 1. The van der Waals surface area contributed by atoms with Gasteiger partial charge in [-0.3, -0.25) is 0 Å². The van der Waals surface area contributed by atoms with Crippen molar-refractivity contribution in [2.24, 2.45) is 5.92 Å². The summed E-state index contributed by atoms with van der Waals surface area (Å²) >= 11 is 0. The Bertz CT molecular complexity index is 647. The van der Waals surface area contributed by atoms with E-state index in [1.54, 1.807) is 6.07 Å². The fourth-order valence-electron chi connectivity index (χ4n) is 2.70. The summed E-state index contributed by atoms with van der Waals surface area (Å²) in [5.74, 6) is 0.719. The molecule has 1 aliphatic rings. The maximum atomic E-state index is 13.1. The molecular formula is C18H20FNO. The molecule has 0 radical (unpaired) electrons. The van der Waals surface area contributed by atoms with E-state index in [1.165, 1.54) is 25.0 Å². The average molecular weight is 285 g/mol. The van der Waals surface area contributed by atoms with Gasteiger partial charge in [0.2, 0.25) is 0 Å². The first-order valence-electron chi connectivity index (χ1n) is 7.37. The molecule has 3 heteroatoms. The summed E-state index contributed by atoms with van der Waals surface area (Å²) in [5.41, 5.74) is 4.03. The molecule has 0 saturated heterocycles. The van der Waals surface area contributed by atoms with Crippen molar-refractivity contribution in [2.75, 3.05) is 5.32 Å². The fraction of sp³-hybridized carbons (Fsp3) is 0.333. The number of halogens is 1. The van der Waals surface area contributed by atoms with E-state index < -0.39 is 0 Å². The lowest BCUT2D eigenvalue weighted by molar-refractivity contribution is 0.470. The van der Waals surface area contributed by atoms with Crippen LogP contribution in [-0.2, 0) is 0 Å². The van der Waals surface area contributed by atoms with Gasteiger partial charge in [-0.2, -0.15) is 0 Å². The van der Waals surface area contributed by atoms with Crippen LogP contribution in [0.5, 0.6) is 5.75 Å². The zero-order valence-electron chi connectivity index (χ0n) is 12.4. The van der Waals surface area contributed by atoms with Crippen molar-refractivity contribution in [3.05, 3.63) is 58.9 Å². The monoisotopic (exact) mass is 285 g/mol. The van der Waals surface area contributed by atoms with E-state index in [4.69, 9.17) is 0 Å².